The van der Waals surface area contributed by atoms with Crippen LogP contribution in [0.25, 0.3) is 0 Å². The van der Waals surface area contributed by atoms with Crippen LogP contribution < -0.4 is 5.32 Å². The molecule has 0 spiro atoms. The van der Waals surface area contributed by atoms with Crippen LogP contribution in [-0.4, -0.2) is 54.5 Å². The summed E-state index contributed by atoms with van der Waals surface area (Å²) >= 11 is 6.32. The number of nitrogens with one attached hydrogen (secondary N) is 1. The minimum atomic E-state index is 0.0382. The van der Waals surface area contributed by atoms with Gasteiger partial charge in [-0.2, -0.15) is 0 Å². The summed E-state index contributed by atoms with van der Waals surface area (Å²) in [5, 5.41) is 4.19. The number of piperazine rings is 1. The van der Waals surface area contributed by atoms with Crippen molar-refractivity contribution in [1.29, 1.82) is 0 Å². The Balaban J connectivity index is 1.55. The lowest BCUT2D eigenvalue weighted by Crippen LogP contribution is -2.55. The average Bonchev–Trinajstić information content (AvgIpc) is 2.62. The Morgan fingerprint density at radius 1 is 1.22 bits per heavy atom. The van der Waals surface area contributed by atoms with Crippen LogP contribution in [0, 0.1) is 0 Å². The van der Waals surface area contributed by atoms with Gasteiger partial charge < -0.3 is 10.2 Å². The summed E-state index contributed by atoms with van der Waals surface area (Å²) in [6.45, 7) is 6.61. The molecular weight excluding hydrogens is 310 g/mol. The second kappa shape index (κ2) is 7.65. The van der Waals surface area contributed by atoms with Crippen molar-refractivity contribution < 1.29 is 4.79 Å². The van der Waals surface area contributed by atoms with E-state index in [1.54, 1.807) is 0 Å². The van der Waals surface area contributed by atoms with Crippen LogP contribution in [-0.2, 0) is 4.79 Å². The maximum Gasteiger partial charge on any atom is 0.239 e. The molecule has 1 aromatic rings. The topological polar surface area (TPSA) is 35.6 Å². The SMILES string of the molecule is CC(c1ccccc1Cl)N1CCN(C(=O)C2CCCCN2)CC1. The normalized spacial score (nSPS) is 24.4. The fraction of sp³-hybridized carbons (Fsp3) is 0.611. The Bertz CT molecular complexity index is 537. The number of piperidine rings is 1. The predicted molar refractivity (Wildman–Crippen MR) is 93.7 cm³/mol. The van der Waals surface area contributed by atoms with Crippen molar-refractivity contribution in [3.8, 4) is 0 Å². The van der Waals surface area contributed by atoms with Gasteiger partial charge in [0, 0.05) is 37.2 Å². The lowest BCUT2D eigenvalue weighted by atomic mass is 10.0. The maximum absolute atomic E-state index is 12.6. The van der Waals surface area contributed by atoms with E-state index in [1.165, 1.54) is 12.0 Å². The summed E-state index contributed by atoms with van der Waals surface area (Å²) in [4.78, 5) is 17.0. The summed E-state index contributed by atoms with van der Waals surface area (Å²) in [7, 11) is 0. The highest BCUT2D eigenvalue weighted by Crippen LogP contribution is 2.27. The Hall–Kier alpha value is -1.10. The van der Waals surface area contributed by atoms with E-state index < -0.39 is 0 Å². The van der Waals surface area contributed by atoms with Crippen LogP contribution in [0.15, 0.2) is 24.3 Å². The van der Waals surface area contributed by atoms with Crippen molar-refractivity contribution in [3.05, 3.63) is 34.9 Å². The molecule has 4 nitrogen and oxygen atoms in total. The summed E-state index contributed by atoms with van der Waals surface area (Å²) in [6.07, 6.45) is 3.33. The van der Waals surface area contributed by atoms with Crippen LogP contribution in [0.3, 0.4) is 0 Å². The van der Waals surface area contributed by atoms with E-state index in [4.69, 9.17) is 11.6 Å². The lowest BCUT2D eigenvalue weighted by molar-refractivity contribution is -0.136. The van der Waals surface area contributed by atoms with Crippen LogP contribution in [0.1, 0.15) is 37.8 Å². The van der Waals surface area contributed by atoms with Crippen molar-refractivity contribution in [2.24, 2.45) is 0 Å². The van der Waals surface area contributed by atoms with Gasteiger partial charge in [0.25, 0.3) is 0 Å². The van der Waals surface area contributed by atoms with Crippen molar-refractivity contribution in [3.63, 3.8) is 0 Å². The molecule has 2 saturated heterocycles. The quantitative estimate of drug-likeness (QED) is 0.922. The van der Waals surface area contributed by atoms with E-state index in [9.17, 15) is 4.79 Å². The number of hydrogen-bond acceptors (Lipinski definition) is 3. The minimum Gasteiger partial charge on any atom is -0.339 e. The molecule has 0 aromatic heterocycles. The number of hydrogen-bond donors (Lipinski definition) is 1. The van der Waals surface area contributed by atoms with Crippen LogP contribution >= 0.6 is 11.6 Å². The van der Waals surface area contributed by atoms with Crippen molar-refractivity contribution >= 4 is 17.5 Å². The van der Waals surface area contributed by atoms with Gasteiger partial charge in [0.15, 0.2) is 0 Å². The summed E-state index contributed by atoms with van der Waals surface area (Å²) in [5.41, 5.74) is 1.17. The molecule has 5 heteroatoms. The number of rotatable bonds is 3. The van der Waals surface area contributed by atoms with E-state index in [-0.39, 0.29) is 18.0 Å². The van der Waals surface area contributed by atoms with Gasteiger partial charge >= 0.3 is 0 Å². The first-order valence-corrected chi connectivity index (χ1v) is 9.05. The number of carbonyl (C=O) groups is 1. The first kappa shape index (κ1) is 16.7. The van der Waals surface area contributed by atoms with Gasteiger partial charge in [-0.15, -0.1) is 0 Å². The monoisotopic (exact) mass is 335 g/mol. The Labute approximate surface area is 143 Å². The Kier molecular flexibility index (Phi) is 5.57. The fourth-order valence-corrected chi connectivity index (χ4v) is 3.92. The van der Waals surface area contributed by atoms with E-state index in [1.807, 2.05) is 23.1 Å². The highest BCUT2D eigenvalue weighted by atomic mass is 35.5. The summed E-state index contributed by atoms with van der Waals surface area (Å²) in [5.74, 6) is 0.287. The molecule has 2 aliphatic heterocycles. The molecule has 2 fully saturated rings. The largest absolute Gasteiger partial charge is 0.339 e. The van der Waals surface area contributed by atoms with E-state index in [0.29, 0.717) is 0 Å². The molecule has 2 atom stereocenters. The third kappa shape index (κ3) is 3.87. The molecule has 1 aromatic carbocycles. The smallest absolute Gasteiger partial charge is 0.239 e. The molecule has 126 valence electrons. The summed E-state index contributed by atoms with van der Waals surface area (Å²) in [6, 6.07) is 8.36. The van der Waals surface area contributed by atoms with Gasteiger partial charge in [-0.1, -0.05) is 36.2 Å². The van der Waals surface area contributed by atoms with Gasteiger partial charge in [0.05, 0.1) is 6.04 Å². The lowest BCUT2D eigenvalue weighted by Gasteiger charge is -2.40. The Morgan fingerprint density at radius 2 is 1.96 bits per heavy atom. The number of benzene rings is 1. The van der Waals surface area contributed by atoms with Crippen LogP contribution in [0.4, 0.5) is 0 Å². The van der Waals surface area contributed by atoms with Crippen molar-refractivity contribution in [2.75, 3.05) is 32.7 Å². The molecule has 3 rings (SSSR count). The van der Waals surface area contributed by atoms with E-state index in [0.717, 1.165) is 50.6 Å². The van der Waals surface area contributed by atoms with Gasteiger partial charge in [-0.3, -0.25) is 9.69 Å². The van der Waals surface area contributed by atoms with Crippen LogP contribution in [0.2, 0.25) is 5.02 Å². The molecule has 0 aliphatic carbocycles. The number of carbonyl (C=O) groups excluding carboxylic acids is 1. The minimum absolute atomic E-state index is 0.0382. The standard InChI is InChI=1S/C18H26ClN3O/c1-14(15-6-2-3-7-16(15)19)21-10-12-22(13-11-21)18(23)17-8-4-5-9-20-17/h2-3,6-7,14,17,20H,4-5,8-13H2,1H3. The molecule has 2 unspecified atom stereocenters. The molecule has 23 heavy (non-hydrogen) atoms. The fourth-order valence-electron chi connectivity index (χ4n) is 3.62. The zero-order valence-electron chi connectivity index (χ0n) is 13.8. The average molecular weight is 336 g/mol. The molecule has 1 N–H and O–H groups in total. The molecule has 0 saturated carbocycles. The van der Waals surface area contributed by atoms with Crippen molar-refractivity contribution in [1.82, 2.24) is 15.1 Å². The molecular formula is C18H26ClN3O. The van der Waals surface area contributed by atoms with Gasteiger partial charge in [-0.05, 0) is 37.9 Å². The molecule has 2 aliphatic rings. The van der Waals surface area contributed by atoms with Crippen molar-refractivity contribution in [2.45, 2.75) is 38.3 Å². The maximum atomic E-state index is 12.6. The third-order valence-electron chi connectivity index (χ3n) is 5.14. The second-order valence-corrected chi connectivity index (χ2v) is 6.97. The van der Waals surface area contributed by atoms with E-state index >= 15 is 0 Å². The Morgan fingerprint density at radius 3 is 2.61 bits per heavy atom. The molecule has 0 radical (unpaired) electrons. The molecule has 2 heterocycles. The van der Waals surface area contributed by atoms with Crippen LogP contribution in [0.5, 0.6) is 0 Å². The summed E-state index contributed by atoms with van der Waals surface area (Å²) < 4.78 is 0. The third-order valence-corrected chi connectivity index (χ3v) is 5.48. The zero-order chi connectivity index (χ0) is 16.2. The van der Waals surface area contributed by atoms with E-state index in [2.05, 4.69) is 23.2 Å². The highest BCUT2D eigenvalue weighted by Gasteiger charge is 2.30. The molecule has 0 bridgehead atoms. The number of nitrogens with zero attached hydrogens (tertiary/aromatic N) is 2. The predicted octanol–water partition coefficient (Wildman–Crippen LogP) is 2.69. The number of halogens is 1. The first-order chi connectivity index (χ1) is 11.2. The highest BCUT2D eigenvalue weighted by molar-refractivity contribution is 6.31. The van der Waals surface area contributed by atoms with Gasteiger partial charge in [-0.25, -0.2) is 0 Å². The molecule has 1 amide bonds. The second-order valence-electron chi connectivity index (χ2n) is 6.56. The van der Waals surface area contributed by atoms with Gasteiger partial charge in [0.1, 0.15) is 0 Å². The zero-order valence-corrected chi connectivity index (χ0v) is 14.6. The first-order valence-electron chi connectivity index (χ1n) is 8.67. The van der Waals surface area contributed by atoms with Gasteiger partial charge in [0.2, 0.25) is 5.91 Å². The number of amides is 1.